The van der Waals surface area contributed by atoms with Crippen molar-refractivity contribution in [2.75, 3.05) is 6.54 Å². The van der Waals surface area contributed by atoms with Crippen LogP contribution in [0.1, 0.15) is 31.2 Å². The molecular formula is C14H18INO. The zero-order chi connectivity index (χ0) is 12.3. The van der Waals surface area contributed by atoms with Crippen LogP contribution in [0, 0.1) is 8.99 Å². The number of nitrogens with two attached hydrogens (primary N) is 1. The summed E-state index contributed by atoms with van der Waals surface area (Å²) in [5, 5.41) is 0. The lowest BCUT2D eigenvalue weighted by Crippen LogP contribution is -2.37. The summed E-state index contributed by atoms with van der Waals surface area (Å²) in [7, 11) is 0. The lowest BCUT2D eigenvalue weighted by atomic mass is 9.79. The minimum atomic E-state index is -0.219. The van der Waals surface area contributed by atoms with Gasteiger partial charge in [0.05, 0.1) is 0 Å². The van der Waals surface area contributed by atoms with Crippen LogP contribution >= 0.6 is 22.6 Å². The second-order valence-electron chi connectivity index (χ2n) is 4.92. The van der Waals surface area contributed by atoms with Crippen LogP contribution in [-0.4, -0.2) is 12.3 Å². The van der Waals surface area contributed by atoms with Crippen molar-refractivity contribution in [2.45, 2.75) is 32.1 Å². The van der Waals surface area contributed by atoms with E-state index in [1.807, 2.05) is 24.3 Å². The lowest BCUT2D eigenvalue weighted by molar-refractivity contribution is -0.127. The number of hydrogen-bond acceptors (Lipinski definition) is 2. The second kappa shape index (κ2) is 5.48. The van der Waals surface area contributed by atoms with Crippen LogP contribution in [0.25, 0.3) is 0 Å². The van der Waals surface area contributed by atoms with E-state index in [0.717, 1.165) is 31.2 Å². The molecule has 0 aliphatic heterocycles. The van der Waals surface area contributed by atoms with Crippen molar-refractivity contribution in [3.63, 3.8) is 0 Å². The monoisotopic (exact) mass is 343 g/mol. The molecule has 0 bridgehead atoms. The maximum atomic E-state index is 12.4. The van der Waals surface area contributed by atoms with Gasteiger partial charge >= 0.3 is 0 Å². The van der Waals surface area contributed by atoms with Gasteiger partial charge in [-0.25, -0.2) is 0 Å². The van der Waals surface area contributed by atoms with Gasteiger partial charge in [-0.3, -0.25) is 4.79 Å². The molecule has 3 heteroatoms. The fourth-order valence-corrected chi connectivity index (χ4v) is 2.98. The zero-order valence-corrected chi connectivity index (χ0v) is 12.1. The van der Waals surface area contributed by atoms with Crippen molar-refractivity contribution in [1.82, 2.24) is 0 Å². The molecule has 1 fully saturated rings. The lowest BCUT2D eigenvalue weighted by Gasteiger charge is -2.25. The normalized spacial score (nSPS) is 18.2. The molecule has 0 saturated heterocycles. The first kappa shape index (κ1) is 13.0. The van der Waals surface area contributed by atoms with E-state index in [1.54, 1.807) is 0 Å². The topological polar surface area (TPSA) is 43.1 Å². The molecule has 0 unspecified atom stereocenters. The summed E-state index contributed by atoms with van der Waals surface area (Å²) in [6.07, 6.45) is 4.79. The average molecular weight is 343 g/mol. The first-order chi connectivity index (χ1) is 8.16. The largest absolute Gasteiger partial charge is 0.329 e. The third-order valence-corrected chi connectivity index (χ3v) is 4.54. The Hall–Kier alpha value is -0.420. The average Bonchev–Trinajstić information content (AvgIpc) is 2.82. The molecule has 92 valence electrons. The summed E-state index contributed by atoms with van der Waals surface area (Å²) >= 11 is 2.27. The molecule has 0 amide bonds. The first-order valence-electron chi connectivity index (χ1n) is 6.14. The van der Waals surface area contributed by atoms with Gasteiger partial charge in [0, 0.05) is 22.0 Å². The molecule has 0 spiro atoms. The number of rotatable bonds is 4. The van der Waals surface area contributed by atoms with Gasteiger partial charge in [-0.2, -0.15) is 0 Å². The summed E-state index contributed by atoms with van der Waals surface area (Å²) in [5.74, 6) is 0.332. The number of carbonyl (C=O) groups is 1. The Kier molecular flexibility index (Phi) is 4.20. The molecule has 1 aliphatic carbocycles. The van der Waals surface area contributed by atoms with Gasteiger partial charge in [0.25, 0.3) is 0 Å². The maximum Gasteiger partial charge on any atom is 0.144 e. The van der Waals surface area contributed by atoms with Crippen LogP contribution in [0.2, 0.25) is 0 Å². The number of Topliss-reactive ketones (excluding diaryl/α,β-unsaturated/α-hetero) is 1. The van der Waals surface area contributed by atoms with Gasteiger partial charge in [-0.05, 0) is 53.1 Å². The minimum Gasteiger partial charge on any atom is -0.329 e. The van der Waals surface area contributed by atoms with Gasteiger partial charge < -0.3 is 5.73 Å². The van der Waals surface area contributed by atoms with Crippen molar-refractivity contribution >= 4 is 28.4 Å². The molecule has 2 nitrogen and oxygen atoms in total. The van der Waals surface area contributed by atoms with Crippen molar-refractivity contribution in [2.24, 2.45) is 11.1 Å². The highest BCUT2D eigenvalue weighted by Crippen LogP contribution is 2.38. The van der Waals surface area contributed by atoms with E-state index in [2.05, 4.69) is 22.6 Å². The zero-order valence-electron chi connectivity index (χ0n) is 9.92. The summed E-state index contributed by atoms with van der Waals surface area (Å²) in [6.45, 7) is 0.510. The molecule has 1 saturated carbocycles. The third-order valence-electron chi connectivity index (χ3n) is 3.82. The maximum absolute atomic E-state index is 12.4. The molecule has 1 aliphatic rings. The second-order valence-corrected chi connectivity index (χ2v) is 6.16. The van der Waals surface area contributed by atoms with E-state index < -0.39 is 0 Å². The number of benzene rings is 1. The molecular weight excluding hydrogens is 325 g/mol. The third kappa shape index (κ3) is 2.88. The van der Waals surface area contributed by atoms with E-state index in [1.165, 1.54) is 3.57 Å². The van der Waals surface area contributed by atoms with E-state index in [4.69, 9.17) is 5.73 Å². The summed E-state index contributed by atoms with van der Waals surface area (Å²) in [6, 6.07) is 8.18. The Morgan fingerprint density at radius 2 is 1.82 bits per heavy atom. The van der Waals surface area contributed by atoms with E-state index in [-0.39, 0.29) is 5.41 Å². The number of carbonyl (C=O) groups excluding carboxylic acids is 1. The van der Waals surface area contributed by atoms with Crippen molar-refractivity contribution in [3.05, 3.63) is 33.4 Å². The Morgan fingerprint density at radius 3 is 2.35 bits per heavy atom. The van der Waals surface area contributed by atoms with Crippen LogP contribution in [0.3, 0.4) is 0 Å². The molecule has 0 aromatic heterocycles. The predicted octanol–water partition coefficient (Wildman–Crippen LogP) is 2.92. The highest BCUT2D eigenvalue weighted by molar-refractivity contribution is 14.1. The SMILES string of the molecule is NCC1(C(=O)Cc2ccc(I)cc2)CCCC1. The first-order valence-corrected chi connectivity index (χ1v) is 7.22. The van der Waals surface area contributed by atoms with Gasteiger partial charge in [0.1, 0.15) is 5.78 Å². The molecule has 0 atom stereocenters. The molecule has 1 aromatic carbocycles. The summed E-state index contributed by atoms with van der Waals surface area (Å²) in [4.78, 5) is 12.4. The van der Waals surface area contributed by atoms with E-state index in [9.17, 15) is 4.79 Å². The number of ketones is 1. The fourth-order valence-electron chi connectivity index (χ4n) is 2.62. The van der Waals surface area contributed by atoms with Crippen molar-refractivity contribution in [3.8, 4) is 0 Å². The van der Waals surface area contributed by atoms with Gasteiger partial charge in [0.2, 0.25) is 0 Å². The van der Waals surface area contributed by atoms with Crippen LogP contribution < -0.4 is 5.73 Å². The smallest absolute Gasteiger partial charge is 0.144 e. The van der Waals surface area contributed by atoms with Gasteiger partial charge in [-0.1, -0.05) is 25.0 Å². The highest BCUT2D eigenvalue weighted by Gasteiger charge is 2.38. The molecule has 2 N–H and O–H groups in total. The van der Waals surface area contributed by atoms with Gasteiger partial charge in [-0.15, -0.1) is 0 Å². The minimum absolute atomic E-state index is 0.219. The summed E-state index contributed by atoms with van der Waals surface area (Å²) in [5.41, 5.74) is 6.71. The van der Waals surface area contributed by atoms with E-state index in [0.29, 0.717) is 18.7 Å². The van der Waals surface area contributed by atoms with Crippen LogP contribution in [0.4, 0.5) is 0 Å². The number of hydrogen-bond donors (Lipinski definition) is 1. The molecule has 1 aromatic rings. The van der Waals surface area contributed by atoms with Gasteiger partial charge in [0.15, 0.2) is 0 Å². The molecule has 0 radical (unpaired) electrons. The number of halogens is 1. The van der Waals surface area contributed by atoms with E-state index >= 15 is 0 Å². The Morgan fingerprint density at radius 1 is 1.24 bits per heavy atom. The summed E-state index contributed by atoms with van der Waals surface area (Å²) < 4.78 is 1.20. The fraction of sp³-hybridized carbons (Fsp3) is 0.500. The highest BCUT2D eigenvalue weighted by atomic mass is 127. The Balaban J connectivity index is 2.08. The predicted molar refractivity (Wildman–Crippen MR) is 77.8 cm³/mol. The van der Waals surface area contributed by atoms with Crippen LogP contribution in [-0.2, 0) is 11.2 Å². The molecule has 17 heavy (non-hydrogen) atoms. The van der Waals surface area contributed by atoms with Crippen molar-refractivity contribution in [1.29, 1.82) is 0 Å². The van der Waals surface area contributed by atoms with Crippen LogP contribution in [0.5, 0.6) is 0 Å². The van der Waals surface area contributed by atoms with Crippen molar-refractivity contribution < 1.29 is 4.79 Å². The molecule has 2 rings (SSSR count). The standard InChI is InChI=1S/C14H18INO/c15-12-5-3-11(4-6-12)9-13(17)14(10-16)7-1-2-8-14/h3-6H,1-2,7-10,16H2. The Bertz CT molecular complexity index is 393. The quantitative estimate of drug-likeness (QED) is 0.855. The van der Waals surface area contributed by atoms with Crippen LogP contribution in [0.15, 0.2) is 24.3 Å². The Labute approximate surface area is 116 Å². The molecule has 0 heterocycles.